The van der Waals surface area contributed by atoms with E-state index in [4.69, 9.17) is 16.3 Å². The molecule has 0 aliphatic rings. The van der Waals surface area contributed by atoms with Crippen molar-refractivity contribution in [3.63, 3.8) is 0 Å². The fourth-order valence-electron chi connectivity index (χ4n) is 2.27. The van der Waals surface area contributed by atoms with Gasteiger partial charge in [0.1, 0.15) is 5.69 Å². The quantitative estimate of drug-likeness (QED) is 0.714. The number of nitrogens with one attached hydrogen (secondary N) is 1. The lowest BCUT2D eigenvalue weighted by Gasteiger charge is -2.02. The van der Waals surface area contributed by atoms with Crippen molar-refractivity contribution in [1.29, 1.82) is 0 Å². The number of benzene rings is 2. The maximum absolute atomic E-state index is 11.7. The van der Waals surface area contributed by atoms with Crippen LogP contribution in [0, 0.1) is 0 Å². The predicted octanol–water partition coefficient (Wildman–Crippen LogP) is 4.67. The molecule has 3 nitrogen and oxygen atoms in total. The standard InChI is InChI=1S/C17H14ClNO2/c1-2-21-17(20)16-10-13-9-12(5-8-15(13)19-16)11-3-6-14(18)7-4-11/h3-10,19H,2H2,1H3. The van der Waals surface area contributed by atoms with E-state index in [1.54, 1.807) is 6.92 Å². The first kappa shape index (κ1) is 13.7. The van der Waals surface area contributed by atoms with Crippen LogP contribution in [0.5, 0.6) is 0 Å². The molecule has 0 saturated heterocycles. The van der Waals surface area contributed by atoms with Gasteiger partial charge in [0.05, 0.1) is 6.61 Å². The van der Waals surface area contributed by atoms with Crippen LogP contribution in [0.25, 0.3) is 22.0 Å². The number of H-pyrrole nitrogens is 1. The van der Waals surface area contributed by atoms with E-state index in [-0.39, 0.29) is 5.97 Å². The van der Waals surface area contributed by atoms with Crippen molar-refractivity contribution >= 4 is 28.5 Å². The van der Waals surface area contributed by atoms with E-state index in [9.17, 15) is 4.79 Å². The molecule has 0 amide bonds. The average Bonchev–Trinajstić information content (AvgIpc) is 2.91. The van der Waals surface area contributed by atoms with E-state index in [0.717, 1.165) is 22.0 Å². The molecule has 2 aromatic carbocycles. The lowest BCUT2D eigenvalue weighted by Crippen LogP contribution is -2.04. The molecule has 0 saturated carbocycles. The smallest absolute Gasteiger partial charge is 0.354 e. The first-order valence-corrected chi connectivity index (χ1v) is 7.11. The largest absolute Gasteiger partial charge is 0.461 e. The van der Waals surface area contributed by atoms with E-state index >= 15 is 0 Å². The normalized spacial score (nSPS) is 10.8. The highest BCUT2D eigenvalue weighted by Crippen LogP contribution is 2.26. The molecular weight excluding hydrogens is 286 g/mol. The molecule has 0 atom stereocenters. The topological polar surface area (TPSA) is 42.1 Å². The summed E-state index contributed by atoms with van der Waals surface area (Å²) in [6, 6.07) is 15.5. The van der Waals surface area contributed by atoms with Crippen LogP contribution >= 0.6 is 11.6 Å². The second kappa shape index (κ2) is 5.62. The number of aromatic nitrogens is 1. The van der Waals surface area contributed by atoms with Crippen LogP contribution in [0.3, 0.4) is 0 Å². The number of hydrogen-bond acceptors (Lipinski definition) is 2. The van der Waals surface area contributed by atoms with Gasteiger partial charge in [0, 0.05) is 15.9 Å². The minimum absolute atomic E-state index is 0.332. The van der Waals surface area contributed by atoms with Gasteiger partial charge in [0.25, 0.3) is 0 Å². The molecule has 0 aliphatic heterocycles. The summed E-state index contributed by atoms with van der Waals surface area (Å²) in [5.41, 5.74) is 3.55. The Balaban J connectivity index is 2.00. The van der Waals surface area contributed by atoms with Crippen molar-refractivity contribution in [3.8, 4) is 11.1 Å². The summed E-state index contributed by atoms with van der Waals surface area (Å²) in [5.74, 6) is -0.332. The van der Waals surface area contributed by atoms with Gasteiger partial charge >= 0.3 is 5.97 Å². The lowest BCUT2D eigenvalue weighted by atomic mass is 10.0. The zero-order valence-corrected chi connectivity index (χ0v) is 12.3. The number of carbonyl (C=O) groups is 1. The Bertz CT molecular complexity index is 790. The van der Waals surface area contributed by atoms with Crippen molar-refractivity contribution in [2.45, 2.75) is 6.92 Å². The van der Waals surface area contributed by atoms with Crippen molar-refractivity contribution in [3.05, 3.63) is 59.2 Å². The molecule has 0 radical (unpaired) electrons. The second-order valence-electron chi connectivity index (χ2n) is 4.71. The molecule has 3 aromatic rings. The highest BCUT2D eigenvalue weighted by Gasteiger charge is 2.10. The van der Waals surface area contributed by atoms with Gasteiger partial charge in [-0.2, -0.15) is 0 Å². The third-order valence-corrected chi connectivity index (χ3v) is 3.55. The highest BCUT2D eigenvalue weighted by atomic mass is 35.5. The number of fused-ring (bicyclic) bond motifs is 1. The summed E-state index contributed by atoms with van der Waals surface area (Å²) in [5, 5.41) is 1.69. The first-order valence-electron chi connectivity index (χ1n) is 6.73. The Labute approximate surface area is 127 Å². The van der Waals surface area contributed by atoms with Gasteiger partial charge in [-0.3, -0.25) is 0 Å². The molecular formula is C17H14ClNO2. The Morgan fingerprint density at radius 2 is 1.81 bits per heavy atom. The number of hydrogen-bond donors (Lipinski definition) is 1. The van der Waals surface area contributed by atoms with Crippen molar-refractivity contribution in [2.75, 3.05) is 6.61 Å². The number of rotatable bonds is 3. The SMILES string of the molecule is CCOC(=O)c1cc2cc(-c3ccc(Cl)cc3)ccc2[nH]1. The van der Waals surface area contributed by atoms with Crippen LogP contribution < -0.4 is 0 Å². The maximum atomic E-state index is 11.7. The molecule has 4 heteroatoms. The molecule has 0 fully saturated rings. The van der Waals surface area contributed by atoms with Gasteiger partial charge in [0.2, 0.25) is 0 Å². The van der Waals surface area contributed by atoms with Crippen molar-refractivity contribution < 1.29 is 9.53 Å². The van der Waals surface area contributed by atoms with Gasteiger partial charge < -0.3 is 9.72 Å². The number of esters is 1. The van der Waals surface area contributed by atoms with Crippen LogP contribution in [0.2, 0.25) is 5.02 Å². The molecule has 0 unspecified atom stereocenters. The fraction of sp³-hybridized carbons (Fsp3) is 0.118. The summed E-state index contributed by atoms with van der Waals surface area (Å²) < 4.78 is 5.00. The van der Waals surface area contributed by atoms with E-state index in [1.165, 1.54) is 0 Å². The predicted molar refractivity (Wildman–Crippen MR) is 84.7 cm³/mol. The third-order valence-electron chi connectivity index (χ3n) is 3.29. The molecule has 1 heterocycles. The highest BCUT2D eigenvalue weighted by molar-refractivity contribution is 6.30. The van der Waals surface area contributed by atoms with Crippen molar-refractivity contribution in [1.82, 2.24) is 4.98 Å². The molecule has 3 rings (SSSR count). The number of ether oxygens (including phenoxy) is 1. The van der Waals surface area contributed by atoms with Gasteiger partial charge in [-0.1, -0.05) is 29.8 Å². The van der Waals surface area contributed by atoms with E-state index in [0.29, 0.717) is 17.3 Å². The Kier molecular flexibility index (Phi) is 3.67. The van der Waals surface area contributed by atoms with E-state index < -0.39 is 0 Å². The molecule has 0 bridgehead atoms. The third kappa shape index (κ3) is 2.78. The van der Waals surface area contributed by atoms with Gasteiger partial charge in [-0.25, -0.2) is 4.79 Å². The molecule has 0 spiro atoms. The van der Waals surface area contributed by atoms with Gasteiger partial charge in [0.15, 0.2) is 0 Å². The average molecular weight is 300 g/mol. The van der Waals surface area contributed by atoms with Crippen LogP contribution in [0.4, 0.5) is 0 Å². The summed E-state index contributed by atoms with van der Waals surface area (Å²) in [7, 11) is 0. The Hall–Kier alpha value is -2.26. The molecule has 1 N–H and O–H groups in total. The summed E-state index contributed by atoms with van der Waals surface area (Å²) in [6.07, 6.45) is 0. The summed E-state index contributed by atoms with van der Waals surface area (Å²) in [6.45, 7) is 2.16. The number of aromatic amines is 1. The Morgan fingerprint density at radius 1 is 1.10 bits per heavy atom. The fourth-order valence-corrected chi connectivity index (χ4v) is 2.40. The summed E-state index contributed by atoms with van der Waals surface area (Å²) in [4.78, 5) is 14.8. The zero-order chi connectivity index (χ0) is 14.8. The van der Waals surface area contributed by atoms with Crippen LogP contribution in [0.15, 0.2) is 48.5 Å². The second-order valence-corrected chi connectivity index (χ2v) is 5.15. The minimum atomic E-state index is -0.332. The van der Waals surface area contributed by atoms with Gasteiger partial charge in [-0.15, -0.1) is 0 Å². The minimum Gasteiger partial charge on any atom is -0.461 e. The van der Waals surface area contributed by atoms with E-state index in [1.807, 2.05) is 48.5 Å². The van der Waals surface area contributed by atoms with Crippen LogP contribution in [-0.4, -0.2) is 17.6 Å². The molecule has 21 heavy (non-hydrogen) atoms. The van der Waals surface area contributed by atoms with Crippen molar-refractivity contribution in [2.24, 2.45) is 0 Å². The maximum Gasteiger partial charge on any atom is 0.354 e. The molecule has 0 aliphatic carbocycles. The molecule has 1 aromatic heterocycles. The monoisotopic (exact) mass is 299 g/mol. The summed E-state index contributed by atoms with van der Waals surface area (Å²) >= 11 is 5.91. The zero-order valence-electron chi connectivity index (χ0n) is 11.5. The lowest BCUT2D eigenvalue weighted by molar-refractivity contribution is 0.0520. The van der Waals surface area contributed by atoms with Gasteiger partial charge in [-0.05, 0) is 48.4 Å². The number of carbonyl (C=O) groups excluding carboxylic acids is 1. The van der Waals surface area contributed by atoms with Crippen LogP contribution in [0.1, 0.15) is 17.4 Å². The number of halogens is 1. The van der Waals surface area contributed by atoms with E-state index in [2.05, 4.69) is 4.98 Å². The van der Waals surface area contributed by atoms with Crippen LogP contribution in [-0.2, 0) is 4.74 Å². The molecule has 106 valence electrons. The Morgan fingerprint density at radius 3 is 2.52 bits per heavy atom. The first-order chi connectivity index (χ1) is 10.2.